The van der Waals surface area contributed by atoms with Gasteiger partial charge in [0.1, 0.15) is 0 Å². The van der Waals surface area contributed by atoms with Crippen LogP contribution in [0.2, 0.25) is 0 Å². The molecule has 0 unspecified atom stereocenters. The van der Waals surface area contributed by atoms with E-state index in [1.165, 1.54) is 11.1 Å². The van der Waals surface area contributed by atoms with Crippen LogP contribution in [-0.2, 0) is 6.42 Å². The molecule has 0 saturated heterocycles. The molecule has 0 spiro atoms. The molecule has 110 valence electrons. The van der Waals surface area contributed by atoms with E-state index in [0.29, 0.717) is 13.0 Å². The lowest BCUT2D eigenvalue weighted by Crippen LogP contribution is -2.07. The summed E-state index contributed by atoms with van der Waals surface area (Å²) < 4.78 is 1.12. The second kappa shape index (κ2) is 6.72. The maximum Gasteiger partial charge on any atom is 0.272 e. The molecule has 0 heterocycles. The van der Waals surface area contributed by atoms with E-state index in [0.717, 1.165) is 15.7 Å². The van der Waals surface area contributed by atoms with Crippen molar-refractivity contribution in [3.05, 3.63) is 67.7 Å². The van der Waals surface area contributed by atoms with Crippen LogP contribution in [-0.4, -0.2) is 11.5 Å². The van der Waals surface area contributed by atoms with Gasteiger partial charge in [-0.15, -0.1) is 0 Å². The van der Waals surface area contributed by atoms with Gasteiger partial charge < -0.3 is 5.32 Å². The molecule has 2 rings (SSSR count). The third-order valence-corrected chi connectivity index (χ3v) is 4.60. The molecule has 5 heteroatoms. The van der Waals surface area contributed by atoms with Crippen molar-refractivity contribution < 1.29 is 4.92 Å². The molecule has 0 aliphatic rings. The van der Waals surface area contributed by atoms with E-state index < -0.39 is 0 Å². The number of rotatable bonds is 5. The van der Waals surface area contributed by atoms with Crippen LogP contribution in [0.4, 0.5) is 11.4 Å². The third kappa shape index (κ3) is 3.82. The van der Waals surface area contributed by atoms with Gasteiger partial charge in [0, 0.05) is 28.3 Å². The van der Waals surface area contributed by atoms with E-state index in [1.54, 1.807) is 18.2 Å². The van der Waals surface area contributed by atoms with Crippen LogP contribution in [0, 0.1) is 24.0 Å². The fourth-order valence-corrected chi connectivity index (χ4v) is 2.52. The van der Waals surface area contributed by atoms with Gasteiger partial charge >= 0.3 is 0 Å². The van der Waals surface area contributed by atoms with Crippen LogP contribution in [0.25, 0.3) is 0 Å². The first kappa shape index (κ1) is 15.5. The minimum Gasteiger partial charge on any atom is -0.385 e. The minimum atomic E-state index is -0.330. The van der Waals surface area contributed by atoms with Crippen molar-refractivity contribution >= 4 is 27.3 Å². The summed E-state index contributed by atoms with van der Waals surface area (Å²) in [6, 6.07) is 11.0. The molecule has 0 fully saturated rings. The SMILES string of the molecule is Cc1cc(NCCc2ccccc2[N+](=O)[O-])cc(C)c1Br. The van der Waals surface area contributed by atoms with E-state index in [1.807, 2.05) is 19.9 Å². The summed E-state index contributed by atoms with van der Waals surface area (Å²) in [5.41, 5.74) is 4.31. The first-order valence-corrected chi connectivity index (χ1v) is 7.51. The number of para-hydroxylation sites is 1. The van der Waals surface area contributed by atoms with Gasteiger partial charge in [0.25, 0.3) is 5.69 Å². The standard InChI is InChI=1S/C16H17BrN2O2/c1-11-9-14(10-12(2)16(11)17)18-8-7-13-5-3-4-6-15(13)19(20)21/h3-6,9-10,18H,7-8H2,1-2H3. The smallest absolute Gasteiger partial charge is 0.272 e. The molecule has 0 aliphatic carbocycles. The van der Waals surface area contributed by atoms with Crippen molar-refractivity contribution in [2.75, 3.05) is 11.9 Å². The van der Waals surface area contributed by atoms with Gasteiger partial charge in [0.15, 0.2) is 0 Å². The molecule has 2 aromatic rings. The van der Waals surface area contributed by atoms with E-state index in [2.05, 4.69) is 33.4 Å². The number of anilines is 1. The van der Waals surface area contributed by atoms with Crippen LogP contribution in [0.5, 0.6) is 0 Å². The average Bonchev–Trinajstić information content (AvgIpc) is 2.45. The van der Waals surface area contributed by atoms with Crippen molar-refractivity contribution in [2.45, 2.75) is 20.3 Å². The van der Waals surface area contributed by atoms with Crippen LogP contribution >= 0.6 is 15.9 Å². The topological polar surface area (TPSA) is 55.2 Å². The summed E-state index contributed by atoms with van der Waals surface area (Å²) in [7, 11) is 0. The van der Waals surface area contributed by atoms with Crippen molar-refractivity contribution in [1.82, 2.24) is 0 Å². The fraction of sp³-hybridized carbons (Fsp3) is 0.250. The number of hydrogen-bond donors (Lipinski definition) is 1. The summed E-state index contributed by atoms with van der Waals surface area (Å²) in [6.07, 6.45) is 0.616. The Kier molecular flexibility index (Phi) is 4.96. The monoisotopic (exact) mass is 348 g/mol. The van der Waals surface area contributed by atoms with Crippen molar-refractivity contribution in [1.29, 1.82) is 0 Å². The number of nitrogens with zero attached hydrogens (tertiary/aromatic N) is 1. The Labute approximate surface area is 132 Å². The Morgan fingerprint density at radius 1 is 1.19 bits per heavy atom. The third-order valence-electron chi connectivity index (χ3n) is 3.35. The maximum atomic E-state index is 11.0. The Hall–Kier alpha value is -1.88. The number of halogens is 1. The Bertz CT molecular complexity index is 648. The molecular formula is C16H17BrN2O2. The summed E-state index contributed by atoms with van der Waals surface area (Å²) in [5, 5.41) is 14.3. The second-order valence-electron chi connectivity index (χ2n) is 4.99. The number of benzene rings is 2. The zero-order valence-corrected chi connectivity index (χ0v) is 13.6. The summed E-state index contributed by atoms with van der Waals surface area (Å²) >= 11 is 3.54. The Balaban J connectivity index is 2.04. The zero-order valence-electron chi connectivity index (χ0n) is 12.0. The highest BCUT2D eigenvalue weighted by Gasteiger charge is 2.11. The minimum absolute atomic E-state index is 0.183. The zero-order chi connectivity index (χ0) is 15.4. The highest BCUT2D eigenvalue weighted by atomic mass is 79.9. The van der Waals surface area contributed by atoms with Gasteiger partial charge in [-0.3, -0.25) is 10.1 Å². The molecule has 0 bridgehead atoms. The van der Waals surface area contributed by atoms with Gasteiger partial charge in [0.2, 0.25) is 0 Å². The normalized spacial score (nSPS) is 10.4. The number of hydrogen-bond acceptors (Lipinski definition) is 3. The van der Waals surface area contributed by atoms with Crippen LogP contribution in [0.3, 0.4) is 0 Å². The highest BCUT2D eigenvalue weighted by molar-refractivity contribution is 9.10. The lowest BCUT2D eigenvalue weighted by molar-refractivity contribution is -0.385. The summed E-state index contributed by atoms with van der Waals surface area (Å²) in [5.74, 6) is 0. The molecule has 0 amide bonds. The molecule has 0 aromatic heterocycles. The number of nitro groups is 1. The van der Waals surface area contributed by atoms with Gasteiger partial charge in [0.05, 0.1) is 4.92 Å². The predicted octanol–water partition coefficient (Wildman–Crippen LogP) is 4.63. The number of nitro benzene ring substituents is 1. The Morgan fingerprint density at radius 2 is 1.81 bits per heavy atom. The van der Waals surface area contributed by atoms with E-state index in [-0.39, 0.29) is 10.6 Å². The van der Waals surface area contributed by atoms with Gasteiger partial charge in [-0.25, -0.2) is 0 Å². The van der Waals surface area contributed by atoms with E-state index >= 15 is 0 Å². The lowest BCUT2D eigenvalue weighted by Gasteiger charge is -2.10. The number of aryl methyl sites for hydroxylation is 2. The maximum absolute atomic E-state index is 11.0. The molecule has 4 nitrogen and oxygen atoms in total. The van der Waals surface area contributed by atoms with Gasteiger partial charge in [-0.1, -0.05) is 34.1 Å². The summed E-state index contributed by atoms with van der Waals surface area (Å²) in [6.45, 7) is 4.75. The molecule has 1 N–H and O–H groups in total. The first-order valence-electron chi connectivity index (χ1n) is 6.72. The molecule has 0 atom stereocenters. The van der Waals surface area contributed by atoms with Crippen molar-refractivity contribution in [2.24, 2.45) is 0 Å². The van der Waals surface area contributed by atoms with E-state index in [9.17, 15) is 10.1 Å². The van der Waals surface area contributed by atoms with E-state index in [4.69, 9.17) is 0 Å². The predicted molar refractivity (Wildman–Crippen MR) is 88.9 cm³/mol. The molecule has 0 saturated carbocycles. The lowest BCUT2D eigenvalue weighted by atomic mass is 10.1. The van der Waals surface area contributed by atoms with Crippen LogP contribution < -0.4 is 5.32 Å². The molecular weight excluding hydrogens is 332 g/mol. The first-order chi connectivity index (χ1) is 9.99. The van der Waals surface area contributed by atoms with Crippen LogP contribution in [0.15, 0.2) is 40.9 Å². The second-order valence-corrected chi connectivity index (χ2v) is 5.78. The van der Waals surface area contributed by atoms with Crippen molar-refractivity contribution in [3.8, 4) is 0 Å². The molecule has 2 aromatic carbocycles. The van der Waals surface area contributed by atoms with Crippen LogP contribution in [0.1, 0.15) is 16.7 Å². The fourth-order valence-electron chi connectivity index (χ4n) is 2.29. The molecule has 0 radical (unpaired) electrons. The molecule has 21 heavy (non-hydrogen) atoms. The highest BCUT2D eigenvalue weighted by Crippen LogP contribution is 2.25. The van der Waals surface area contributed by atoms with Crippen molar-refractivity contribution in [3.63, 3.8) is 0 Å². The Morgan fingerprint density at radius 3 is 2.43 bits per heavy atom. The van der Waals surface area contributed by atoms with Gasteiger partial charge in [-0.2, -0.15) is 0 Å². The van der Waals surface area contributed by atoms with Gasteiger partial charge in [-0.05, 0) is 43.5 Å². The summed E-state index contributed by atoms with van der Waals surface area (Å²) in [4.78, 5) is 10.6. The largest absolute Gasteiger partial charge is 0.385 e. The number of nitrogens with one attached hydrogen (secondary N) is 1. The quantitative estimate of drug-likeness (QED) is 0.633. The average molecular weight is 349 g/mol. The molecule has 0 aliphatic heterocycles.